The van der Waals surface area contributed by atoms with Gasteiger partial charge in [-0.05, 0) is 177 Å². The molecular weight excluding hydrogens is 1830 g/mol. The van der Waals surface area contributed by atoms with Crippen molar-refractivity contribution < 1.29 is 168 Å². The Morgan fingerprint density at radius 1 is 0.402 bits per heavy atom. The number of benzene rings is 3. The Hall–Kier alpha value is -8.75. The van der Waals surface area contributed by atoms with Gasteiger partial charge in [-0.15, -0.1) is 0 Å². The molecule has 3 N–H and O–H groups in total. The number of aromatic nitrogens is 3. The quantitative estimate of drug-likeness (QED) is 0.0759. The number of hydrogen-bond donors (Lipinski definition) is 3. The summed E-state index contributed by atoms with van der Waals surface area (Å²) in [6.45, 7) is 21.3. The molecule has 3 radical (unpaired) electrons. The molecule has 717 valence electrons. The van der Waals surface area contributed by atoms with E-state index in [0.29, 0.717) is 114 Å². The number of nitrogens with one attached hydrogen (secondary N) is 3. The molecule has 3 aliphatic carbocycles. The Morgan fingerprint density at radius 3 is 1.02 bits per heavy atom. The molecule has 9 aliphatic rings. The van der Waals surface area contributed by atoms with E-state index >= 15 is 26.3 Å². The number of ether oxygens (including phenoxy) is 9. The third-order valence-electron chi connectivity index (χ3n) is 27.0. The van der Waals surface area contributed by atoms with E-state index in [1.807, 2.05) is 67.3 Å². The fourth-order valence-corrected chi connectivity index (χ4v) is 18.9. The first-order valence-electron chi connectivity index (χ1n) is 45.1. The number of amides is 6. The van der Waals surface area contributed by atoms with Crippen molar-refractivity contribution in [3.05, 3.63) is 89.5 Å². The van der Waals surface area contributed by atoms with Gasteiger partial charge in [0.2, 0.25) is 35.4 Å². The zero-order chi connectivity index (χ0) is 93.3. The van der Waals surface area contributed by atoms with Gasteiger partial charge in [0, 0.05) is 109 Å². The van der Waals surface area contributed by atoms with Crippen molar-refractivity contribution in [1.29, 1.82) is 0 Å². The van der Waals surface area contributed by atoms with E-state index in [1.165, 1.54) is 54.2 Å². The molecule has 6 amide bonds. The molecule has 3 aromatic carbocycles. The largest absolute Gasteiger partial charge is 0.540 e. The number of fused-ring (bicyclic) bond motifs is 15. The molecule has 6 fully saturated rings. The van der Waals surface area contributed by atoms with Crippen LogP contribution in [0.1, 0.15) is 215 Å². The summed E-state index contributed by atoms with van der Waals surface area (Å²) < 4.78 is 147. The summed E-state index contributed by atoms with van der Waals surface area (Å²) >= 11 is 0. The predicted octanol–water partition coefficient (Wildman–Crippen LogP) is 16.6. The fourth-order valence-electron chi connectivity index (χ4n) is 18.9. The van der Waals surface area contributed by atoms with Gasteiger partial charge in [0.25, 0.3) is 17.8 Å². The van der Waals surface area contributed by atoms with E-state index in [9.17, 15) is 43.2 Å². The number of halogens is 6. The van der Waals surface area contributed by atoms with Crippen molar-refractivity contribution in [1.82, 2.24) is 45.6 Å². The van der Waals surface area contributed by atoms with Crippen LogP contribution in [0.2, 0.25) is 0 Å². The van der Waals surface area contributed by atoms with Crippen LogP contribution < -0.4 is 44.4 Å². The summed E-state index contributed by atoms with van der Waals surface area (Å²) in [5.41, 5.74) is -1.91. The smallest absolute Gasteiger partial charge is 0.408 e. The van der Waals surface area contributed by atoms with Crippen molar-refractivity contribution >= 4 is 87.6 Å². The van der Waals surface area contributed by atoms with Gasteiger partial charge < -0.3 is 87.7 Å². The molecule has 27 nitrogen and oxygen atoms in total. The number of alkyl carbamates (subject to hydrolysis) is 3. The van der Waals surface area contributed by atoms with Crippen LogP contribution in [0.25, 0.3) is 32.7 Å². The first-order chi connectivity index (χ1) is 61.0. The summed E-state index contributed by atoms with van der Waals surface area (Å²) in [6.07, 6.45) is 7.59. The van der Waals surface area contributed by atoms with Gasteiger partial charge >= 0.3 is 18.3 Å². The maximum Gasteiger partial charge on any atom is 0.408 e. The first-order valence-corrected chi connectivity index (χ1v) is 45.1. The van der Waals surface area contributed by atoms with E-state index in [4.69, 9.17) is 42.6 Å². The van der Waals surface area contributed by atoms with Crippen LogP contribution >= 0.6 is 0 Å². The second-order valence-corrected chi connectivity index (χ2v) is 39.3. The summed E-state index contributed by atoms with van der Waals surface area (Å²) in [7, 11) is 4.52. The first kappa shape index (κ1) is 105. The number of nitrogens with zero attached hydrogens (tertiary/aromatic N) is 6. The molecule has 132 heavy (non-hydrogen) atoms. The van der Waals surface area contributed by atoms with Crippen molar-refractivity contribution in [2.45, 2.75) is 289 Å². The van der Waals surface area contributed by atoms with Gasteiger partial charge in [-0.2, -0.15) is 0 Å². The molecule has 3 saturated heterocycles. The zero-order valence-electron chi connectivity index (χ0n) is 77.3. The minimum Gasteiger partial charge on any atom is -0.540 e. The monoisotopic (exact) mass is 1950 g/mol. The standard InChI is InChI=1S/C33H42F2N3O6.C32H40F2N3O6.C31H38F2N3O6.3V/c1-19-25(18-39)38-17-27(19)43-29-23(15-21-12-13-22(42-5)16-24(21)36-29)33(34,35)14-7-6-9-20-10-8-11-26(20)44-31(41)37-28(30(38)40)32(2,3)4;1-6-21-24(17-38)37-16-26(21)42-28-22(13-18-10-11-20(41-5)15-23(18)35-28)32(33,34)12-8-7-9-19-14-25(19)43-30(40)36-27(29(37)39)31(2,3)4;1-17-23(16-37)36-15-25(17)41-27-21(12-18-9-10-20(40-5)14-22(18)34-27)31(32,33)11-7-6-8-19-13-24(19)42-29(39)35-26(28(36)38)30(2,3)4;;;/h12-13,15-16,19-20,25-28H,6-11,14,17H2,1-5H3,(H,37,41);10-11,13,15,19,21,24-27H,6-9,12,14,16H2,1-5H3,(H,36,40);9-10,12,14,17,19,23-26H,6-8,11,13,15H2,1-5H3,(H,35,39);;;/q3*-1;;;/t19-,20+,25+,26+,27-,28+;19-,21+,24-,25-,26+,27-;17-,19+,23+,24+,25-,26+;;;/m010.../s1. The number of hydrogen-bond acceptors (Lipinski definition) is 21. The molecule has 3 aromatic heterocycles. The molecule has 3 saturated carbocycles. The van der Waals surface area contributed by atoms with Gasteiger partial charge in [-0.1, -0.05) is 127 Å². The number of methoxy groups -OCH3 is 3. The Labute approximate surface area is 802 Å². The van der Waals surface area contributed by atoms with Crippen LogP contribution in [-0.4, -0.2) is 198 Å². The molecule has 18 atom stereocenters. The molecule has 0 unspecified atom stereocenters. The van der Waals surface area contributed by atoms with Crippen molar-refractivity contribution in [2.75, 3.05) is 41.0 Å². The summed E-state index contributed by atoms with van der Waals surface area (Å²) in [6, 6.07) is 13.2. The van der Waals surface area contributed by atoms with Crippen LogP contribution in [0.3, 0.4) is 0 Å². The Kier molecular flexibility index (Phi) is 34.4. The minimum atomic E-state index is -3.25. The molecular formula is C96H120F6N9O18V3-3. The third kappa shape index (κ3) is 24.0. The van der Waals surface area contributed by atoms with Gasteiger partial charge in [-0.3, -0.25) is 14.4 Å². The van der Waals surface area contributed by atoms with Gasteiger partial charge in [0.05, 0.1) is 74.2 Å². The minimum absolute atomic E-state index is 0. The summed E-state index contributed by atoms with van der Waals surface area (Å²) in [5, 5.41) is 9.78. The molecule has 6 bridgehead atoms. The second-order valence-electron chi connectivity index (χ2n) is 39.3. The predicted molar refractivity (Wildman–Crippen MR) is 464 cm³/mol. The topological polar surface area (TPSA) is 321 Å². The van der Waals surface area contributed by atoms with Crippen LogP contribution in [0.15, 0.2) is 72.8 Å². The fraction of sp³-hybridized carbons (Fsp3) is 0.625. The summed E-state index contributed by atoms with van der Waals surface area (Å²) in [4.78, 5) is 135. The summed E-state index contributed by atoms with van der Waals surface area (Å²) in [5.74, 6) is -11.8. The number of carbonyl (C=O) groups excluding carboxylic acids is 9. The Morgan fingerprint density at radius 2 is 0.705 bits per heavy atom. The van der Waals surface area contributed by atoms with E-state index in [2.05, 4.69) is 30.9 Å². The normalized spacial score (nSPS) is 29.2. The van der Waals surface area contributed by atoms with E-state index in [0.717, 1.165) is 12.8 Å². The number of rotatable bonds is 7. The van der Waals surface area contributed by atoms with Crippen molar-refractivity contribution in [3.63, 3.8) is 0 Å². The van der Waals surface area contributed by atoms with E-state index in [1.54, 1.807) is 89.2 Å². The maximum atomic E-state index is 16.0. The van der Waals surface area contributed by atoms with Crippen LogP contribution in [-0.2, 0) is 116 Å². The van der Waals surface area contributed by atoms with E-state index in [-0.39, 0.29) is 165 Å². The SMILES string of the molecule is CC[C@@H]1[C@@H]2CN(C(=O)[C@H](C(C)(C)C)NC(=O)O[C@@H]3C[C@H]3CCCCC(F)(F)c3cc4ccc(OC)cc4nc3O2)[C@@H]1[C-]=O.COc1ccc2cc3c(nc2c1)O[C@H]1CN(C(=O)[C@H](C(C)(C)C)NC(=O)O[C@@H]2CCC[C@H]2CCCCC3(F)F)[C@H]([C-]=O)[C@@H]1C.COc1ccc2cc3c(nc2c1)O[C@H]1CN(C(=O)[C@H](C(C)(C)C)NC(=O)O[C@@H]2C[C@H]2CCCCC3(F)F)[C@H]([C-]=O)[C@@H]1C.[V].[V].[V]. The van der Waals surface area contributed by atoms with Crippen molar-refractivity contribution in [2.24, 2.45) is 51.8 Å². The van der Waals surface area contributed by atoms with Crippen LogP contribution in [0.5, 0.6) is 34.9 Å². The van der Waals surface area contributed by atoms with Gasteiger partial charge in [0.15, 0.2) is 0 Å². The zero-order valence-corrected chi connectivity index (χ0v) is 81.5. The number of carbonyl (C=O) groups is 6. The molecule has 9 heterocycles. The average molecular weight is 1950 g/mol. The van der Waals surface area contributed by atoms with Gasteiger partial charge in [0.1, 0.15) is 72.0 Å². The van der Waals surface area contributed by atoms with Gasteiger partial charge in [-0.25, -0.2) is 74.5 Å². The Bertz CT molecular complexity index is 5140. The second kappa shape index (κ2) is 43.1. The van der Waals surface area contributed by atoms with Crippen LogP contribution in [0.4, 0.5) is 40.7 Å². The third-order valence-corrected chi connectivity index (χ3v) is 27.0. The molecule has 6 aliphatic heterocycles. The van der Waals surface area contributed by atoms with Crippen LogP contribution in [0, 0.1) is 51.8 Å². The van der Waals surface area contributed by atoms with E-state index < -0.39 is 162 Å². The molecule has 15 rings (SSSR count). The number of pyridine rings is 3. The molecule has 36 heteroatoms. The number of alkyl halides is 6. The average Bonchev–Trinajstić information content (AvgIpc) is 1.70. The Balaban J connectivity index is 0.000000203. The molecule has 6 aromatic rings. The van der Waals surface area contributed by atoms with Crippen molar-refractivity contribution in [3.8, 4) is 34.9 Å². The maximum absolute atomic E-state index is 16.0. The molecule has 0 spiro atoms.